The third-order valence-electron chi connectivity index (χ3n) is 4.78. The van der Waals surface area contributed by atoms with Gasteiger partial charge in [-0.25, -0.2) is 9.37 Å². The third-order valence-corrected chi connectivity index (χ3v) is 5.85. The zero-order chi connectivity index (χ0) is 20.7. The molecule has 3 aromatic rings. The van der Waals surface area contributed by atoms with E-state index in [4.69, 9.17) is 0 Å². The van der Waals surface area contributed by atoms with Gasteiger partial charge in [-0.05, 0) is 43.7 Å². The van der Waals surface area contributed by atoms with Crippen LogP contribution in [-0.4, -0.2) is 21.8 Å². The molecule has 2 aromatic carbocycles. The fourth-order valence-corrected chi connectivity index (χ4v) is 4.39. The highest BCUT2D eigenvalue weighted by Crippen LogP contribution is 2.42. The molecule has 1 N–H and O–H groups in total. The Morgan fingerprint density at radius 1 is 1.10 bits per heavy atom. The van der Waals surface area contributed by atoms with Crippen LogP contribution in [0.4, 0.5) is 10.1 Å². The molecule has 0 saturated carbocycles. The number of para-hydroxylation sites is 1. The van der Waals surface area contributed by atoms with Crippen LogP contribution in [-0.2, 0) is 4.79 Å². The number of aryl methyl sites for hydroxylation is 2. The maximum atomic E-state index is 13.5. The molecule has 1 aromatic heterocycles. The summed E-state index contributed by atoms with van der Waals surface area (Å²) in [5.74, 6) is -2.16. The lowest BCUT2D eigenvalue weighted by Crippen LogP contribution is -2.31. The average molecular weight is 408 g/mol. The van der Waals surface area contributed by atoms with Crippen LogP contribution in [0, 0.1) is 19.7 Å². The Morgan fingerprint density at radius 3 is 2.34 bits per heavy atom. The SMILES string of the molecule is Cc1nc(C)c(C(=O)C2=C(O)C(=O)N(c3ccccc3)C2c2ccc(F)cc2)s1. The van der Waals surface area contributed by atoms with Crippen LogP contribution in [0.2, 0.25) is 0 Å². The van der Waals surface area contributed by atoms with E-state index in [0.717, 1.165) is 0 Å². The Bertz CT molecular complexity index is 1140. The molecule has 5 nitrogen and oxygen atoms in total. The van der Waals surface area contributed by atoms with E-state index < -0.39 is 29.3 Å². The summed E-state index contributed by atoms with van der Waals surface area (Å²) in [7, 11) is 0. The van der Waals surface area contributed by atoms with E-state index >= 15 is 0 Å². The molecule has 4 rings (SSSR count). The molecule has 0 radical (unpaired) electrons. The van der Waals surface area contributed by atoms with E-state index in [2.05, 4.69) is 4.98 Å². The largest absolute Gasteiger partial charge is 0.503 e. The maximum Gasteiger partial charge on any atom is 0.294 e. The number of ketones is 1. The fourth-order valence-electron chi connectivity index (χ4n) is 3.52. The fraction of sp³-hybridized carbons (Fsp3) is 0.136. The number of aromatic nitrogens is 1. The van der Waals surface area contributed by atoms with Crippen LogP contribution in [0.3, 0.4) is 0 Å². The highest BCUT2D eigenvalue weighted by molar-refractivity contribution is 7.14. The number of anilines is 1. The van der Waals surface area contributed by atoms with Crippen molar-refractivity contribution in [2.24, 2.45) is 0 Å². The summed E-state index contributed by atoms with van der Waals surface area (Å²) in [6.45, 7) is 3.50. The van der Waals surface area contributed by atoms with Crippen molar-refractivity contribution in [1.82, 2.24) is 4.98 Å². The van der Waals surface area contributed by atoms with Gasteiger partial charge in [-0.1, -0.05) is 30.3 Å². The van der Waals surface area contributed by atoms with Crippen molar-refractivity contribution in [3.05, 3.63) is 92.9 Å². The number of nitrogens with zero attached hydrogens (tertiary/aromatic N) is 2. The van der Waals surface area contributed by atoms with E-state index in [1.54, 1.807) is 44.2 Å². The van der Waals surface area contributed by atoms with E-state index in [1.807, 2.05) is 0 Å². The average Bonchev–Trinajstić information content (AvgIpc) is 3.18. The first-order chi connectivity index (χ1) is 13.9. The first-order valence-corrected chi connectivity index (χ1v) is 9.76. The lowest BCUT2D eigenvalue weighted by molar-refractivity contribution is -0.117. The Balaban J connectivity index is 1.89. The van der Waals surface area contributed by atoms with Gasteiger partial charge < -0.3 is 5.11 Å². The van der Waals surface area contributed by atoms with Gasteiger partial charge in [-0.3, -0.25) is 14.5 Å². The molecule has 0 bridgehead atoms. The first-order valence-electron chi connectivity index (χ1n) is 8.94. The molecule has 0 aliphatic carbocycles. The van der Waals surface area contributed by atoms with Crippen molar-refractivity contribution in [1.29, 1.82) is 0 Å². The molecular weight excluding hydrogens is 391 g/mol. The van der Waals surface area contributed by atoms with Crippen molar-refractivity contribution in [3.63, 3.8) is 0 Å². The maximum absolute atomic E-state index is 13.5. The lowest BCUT2D eigenvalue weighted by atomic mass is 9.95. The normalized spacial score (nSPS) is 16.6. The zero-order valence-electron chi connectivity index (χ0n) is 15.7. The number of amides is 1. The summed E-state index contributed by atoms with van der Waals surface area (Å²) in [6.07, 6.45) is 0. The van der Waals surface area contributed by atoms with E-state index in [0.29, 0.717) is 26.8 Å². The quantitative estimate of drug-likeness (QED) is 0.636. The summed E-state index contributed by atoms with van der Waals surface area (Å²) in [5.41, 5.74) is 1.56. The number of hydrogen-bond acceptors (Lipinski definition) is 5. The van der Waals surface area contributed by atoms with Gasteiger partial charge in [0.05, 0.1) is 27.2 Å². The van der Waals surface area contributed by atoms with Crippen molar-refractivity contribution in [3.8, 4) is 0 Å². The van der Waals surface area contributed by atoms with Crippen molar-refractivity contribution in [2.75, 3.05) is 4.90 Å². The van der Waals surface area contributed by atoms with Gasteiger partial charge >= 0.3 is 0 Å². The number of aliphatic hydroxyl groups is 1. The predicted molar refractivity (Wildman–Crippen MR) is 109 cm³/mol. The second-order valence-electron chi connectivity index (χ2n) is 6.70. The number of aliphatic hydroxyl groups excluding tert-OH is 1. The van der Waals surface area contributed by atoms with Crippen LogP contribution < -0.4 is 4.90 Å². The van der Waals surface area contributed by atoms with E-state index in [9.17, 15) is 19.1 Å². The minimum atomic E-state index is -0.875. The molecule has 0 fully saturated rings. The molecule has 0 saturated heterocycles. The van der Waals surface area contributed by atoms with Gasteiger partial charge in [-0.2, -0.15) is 0 Å². The Morgan fingerprint density at radius 2 is 1.76 bits per heavy atom. The summed E-state index contributed by atoms with van der Waals surface area (Å²) < 4.78 is 13.5. The predicted octanol–water partition coefficient (Wildman–Crippen LogP) is 4.68. The number of Topliss-reactive ketones (excluding diaryl/α,β-unsaturated/α-hetero) is 1. The van der Waals surface area contributed by atoms with E-state index in [-0.39, 0.29) is 5.57 Å². The minimum Gasteiger partial charge on any atom is -0.503 e. The molecule has 1 unspecified atom stereocenters. The first kappa shape index (κ1) is 19.0. The molecule has 29 heavy (non-hydrogen) atoms. The molecular formula is C22H17FN2O3S. The smallest absolute Gasteiger partial charge is 0.294 e. The number of halogens is 1. The minimum absolute atomic E-state index is 0.0304. The number of carbonyl (C=O) groups is 2. The molecule has 1 aliphatic heterocycles. The number of benzene rings is 2. The molecule has 0 spiro atoms. The molecule has 7 heteroatoms. The van der Waals surface area contributed by atoms with Gasteiger partial charge in [0.25, 0.3) is 5.91 Å². The number of thiazole rings is 1. The number of hydrogen-bond donors (Lipinski definition) is 1. The van der Waals surface area contributed by atoms with Gasteiger partial charge in [-0.15, -0.1) is 11.3 Å². The highest BCUT2D eigenvalue weighted by atomic mass is 32.1. The van der Waals surface area contributed by atoms with Gasteiger partial charge in [0.1, 0.15) is 5.82 Å². The summed E-state index contributed by atoms with van der Waals surface area (Å²) in [4.78, 5) is 32.4. The van der Waals surface area contributed by atoms with Crippen LogP contribution >= 0.6 is 11.3 Å². The summed E-state index contributed by atoms with van der Waals surface area (Å²) in [5, 5.41) is 11.4. The Kier molecular flexibility index (Phi) is 4.76. The highest BCUT2D eigenvalue weighted by Gasteiger charge is 2.45. The van der Waals surface area contributed by atoms with Gasteiger partial charge in [0, 0.05) is 5.69 Å². The summed E-state index contributed by atoms with van der Waals surface area (Å²) >= 11 is 1.21. The van der Waals surface area contributed by atoms with Crippen LogP contribution in [0.25, 0.3) is 0 Å². The van der Waals surface area contributed by atoms with Gasteiger partial charge in [0.15, 0.2) is 5.76 Å². The molecule has 1 aliphatic rings. The molecule has 1 amide bonds. The van der Waals surface area contributed by atoms with Crippen molar-refractivity contribution in [2.45, 2.75) is 19.9 Å². The number of rotatable bonds is 4. The number of carbonyl (C=O) groups excluding carboxylic acids is 2. The van der Waals surface area contributed by atoms with Crippen molar-refractivity contribution >= 4 is 28.7 Å². The monoisotopic (exact) mass is 408 g/mol. The second-order valence-corrected chi connectivity index (χ2v) is 7.91. The second kappa shape index (κ2) is 7.25. The Labute approximate surface area is 170 Å². The topological polar surface area (TPSA) is 70.5 Å². The molecule has 146 valence electrons. The molecule has 2 heterocycles. The van der Waals surface area contributed by atoms with Crippen LogP contribution in [0.5, 0.6) is 0 Å². The van der Waals surface area contributed by atoms with Crippen LogP contribution in [0.15, 0.2) is 65.9 Å². The molecule has 1 atom stereocenters. The summed E-state index contributed by atoms with van der Waals surface area (Å²) in [6, 6.07) is 13.5. The third kappa shape index (κ3) is 3.23. The lowest BCUT2D eigenvalue weighted by Gasteiger charge is -2.26. The zero-order valence-corrected chi connectivity index (χ0v) is 16.5. The Hall–Kier alpha value is -3.32. The van der Waals surface area contributed by atoms with E-state index in [1.165, 1.54) is 40.5 Å². The van der Waals surface area contributed by atoms with Crippen molar-refractivity contribution < 1.29 is 19.1 Å². The standard InChI is InChI=1S/C22H17FN2O3S/c1-12-21(29-13(2)24-12)19(26)17-18(14-8-10-15(23)11-9-14)25(22(28)20(17)27)16-6-4-3-5-7-16/h3-11,18,27H,1-2H3. The van der Waals surface area contributed by atoms with Crippen LogP contribution in [0.1, 0.15) is 32.0 Å². The van der Waals surface area contributed by atoms with Gasteiger partial charge in [0.2, 0.25) is 5.78 Å².